The lowest BCUT2D eigenvalue weighted by Crippen LogP contribution is -2.20. The van der Waals surface area contributed by atoms with Gasteiger partial charge in [-0.05, 0) is 53.2 Å². The van der Waals surface area contributed by atoms with Crippen LogP contribution < -0.4 is 5.32 Å². The van der Waals surface area contributed by atoms with Crippen molar-refractivity contribution in [3.63, 3.8) is 0 Å². The second kappa shape index (κ2) is 6.56. The molecule has 1 atom stereocenters. The maximum absolute atomic E-state index is 14.4. The Morgan fingerprint density at radius 3 is 2.45 bits per heavy atom. The molecule has 0 saturated carbocycles. The van der Waals surface area contributed by atoms with Gasteiger partial charge in [-0.15, -0.1) is 0 Å². The molecule has 0 bridgehead atoms. The molecule has 0 spiro atoms. The third-order valence-corrected chi connectivity index (χ3v) is 5.40. The van der Waals surface area contributed by atoms with E-state index >= 15 is 0 Å². The molecule has 20 heavy (non-hydrogen) atoms. The lowest BCUT2D eigenvalue weighted by atomic mass is 9.95. The predicted molar refractivity (Wildman–Crippen MR) is 88.9 cm³/mol. The van der Waals surface area contributed by atoms with Gasteiger partial charge < -0.3 is 5.32 Å². The van der Waals surface area contributed by atoms with Crippen LogP contribution in [0, 0.1) is 12.7 Å². The summed E-state index contributed by atoms with van der Waals surface area (Å²) in [7, 11) is 1.81. The van der Waals surface area contributed by atoms with E-state index in [9.17, 15) is 4.39 Å². The minimum Gasteiger partial charge on any atom is -0.309 e. The van der Waals surface area contributed by atoms with Gasteiger partial charge in [-0.2, -0.15) is 0 Å². The topological polar surface area (TPSA) is 12.0 Å². The Bertz CT molecular complexity index is 646. The number of hydrogen-bond acceptors (Lipinski definition) is 1. The number of hydrogen-bond donors (Lipinski definition) is 1. The monoisotopic (exact) mass is 419 g/mol. The van der Waals surface area contributed by atoms with Gasteiger partial charge >= 0.3 is 0 Å². The summed E-state index contributed by atoms with van der Waals surface area (Å²) in [6.07, 6.45) is 0. The van der Waals surface area contributed by atoms with E-state index in [0.717, 1.165) is 15.6 Å². The predicted octanol–water partition coefficient (Wildman–Crippen LogP) is 5.62. The molecule has 0 heterocycles. The molecular weight excluding hydrogens is 408 g/mol. The molecule has 0 aliphatic heterocycles. The van der Waals surface area contributed by atoms with Crippen molar-refractivity contribution in [2.75, 3.05) is 7.05 Å². The summed E-state index contributed by atoms with van der Waals surface area (Å²) in [5.74, 6) is -0.403. The summed E-state index contributed by atoms with van der Waals surface area (Å²) >= 11 is 12.7. The smallest absolute Gasteiger partial charge is 0.148 e. The maximum Gasteiger partial charge on any atom is 0.148 e. The first-order valence-electron chi connectivity index (χ1n) is 6.03. The Morgan fingerprint density at radius 1 is 1.10 bits per heavy atom. The van der Waals surface area contributed by atoms with Crippen LogP contribution in [-0.4, -0.2) is 7.05 Å². The minimum absolute atomic E-state index is 0.107. The van der Waals surface area contributed by atoms with Gasteiger partial charge in [0.05, 0.1) is 11.1 Å². The Hall–Kier alpha value is -0.420. The maximum atomic E-state index is 14.4. The summed E-state index contributed by atoms with van der Waals surface area (Å²) in [5, 5.41) is 3.26. The second-order valence-corrected chi connectivity index (χ2v) is 6.53. The Morgan fingerprint density at radius 2 is 1.80 bits per heavy atom. The third kappa shape index (κ3) is 2.93. The van der Waals surface area contributed by atoms with Gasteiger partial charge in [-0.25, -0.2) is 4.39 Å². The Kier molecular flexibility index (Phi) is 5.24. The summed E-state index contributed by atoms with van der Waals surface area (Å²) in [4.78, 5) is 0. The van der Waals surface area contributed by atoms with Crippen molar-refractivity contribution in [2.45, 2.75) is 13.0 Å². The molecule has 0 saturated heterocycles. The highest BCUT2D eigenvalue weighted by molar-refractivity contribution is 9.10. The first kappa shape index (κ1) is 16.0. The fourth-order valence-corrected chi connectivity index (χ4v) is 3.04. The fraction of sp³-hybridized carbons (Fsp3) is 0.200. The summed E-state index contributed by atoms with van der Waals surface area (Å²) < 4.78 is 16.0. The van der Waals surface area contributed by atoms with Crippen LogP contribution in [0.1, 0.15) is 22.7 Å². The molecule has 2 aromatic rings. The highest BCUT2D eigenvalue weighted by atomic mass is 79.9. The van der Waals surface area contributed by atoms with Crippen molar-refractivity contribution >= 4 is 43.5 Å². The molecule has 2 rings (SSSR count). The van der Waals surface area contributed by atoms with Gasteiger partial charge in [-0.1, -0.05) is 45.7 Å². The summed E-state index contributed by atoms with van der Waals surface area (Å²) in [5.41, 5.74) is 2.62. The normalized spacial score (nSPS) is 12.5. The average Bonchev–Trinajstić information content (AvgIpc) is 2.44. The van der Waals surface area contributed by atoms with E-state index in [4.69, 9.17) is 11.6 Å². The molecule has 1 nitrogen and oxygen atoms in total. The van der Waals surface area contributed by atoms with Gasteiger partial charge in [0.2, 0.25) is 0 Å². The van der Waals surface area contributed by atoms with E-state index < -0.39 is 5.82 Å². The quantitative estimate of drug-likeness (QED) is 0.634. The molecule has 0 aromatic heterocycles. The number of halogens is 4. The molecule has 1 unspecified atom stereocenters. The van der Waals surface area contributed by atoms with Gasteiger partial charge in [0.25, 0.3) is 0 Å². The summed E-state index contributed by atoms with van der Waals surface area (Å²) in [6, 6.07) is 9.14. The Labute approximate surface area is 139 Å². The van der Waals surface area contributed by atoms with E-state index in [1.54, 1.807) is 19.2 Å². The molecule has 0 radical (unpaired) electrons. The molecule has 2 aromatic carbocycles. The lowest BCUT2D eigenvalue weighted by Gasteiger charge is -2.21. The van der Waals surface area contributed by atoms with Crippen LogP contribution in [0.15, 0.2) is 39.3 Å². The van der Waals surface area contributed by atoms with Crippen molar-refractivity contribution < 1.29 is 4.39 Å². The van der Waals surface area contributed by atoms with Crippen LogP contribution in [0.25, 0.3) is 0 Å². The minimum atomic E-state index is -0.403. The molecule has 106 valence electrons. The van der Waals surface area contributed by atoms with Gasteiger partial charge in [0.15, 0.2) is 0 Å². The van der Waals surface area contributed by atoms with Gasteiger partial charge in [0, 0.05) is 14.5 Å². The standard InChI is InChI=1S/C15H13Br2ClFN/c1-8-9(4-3-5-11(8)16)15(20-2)10-6-7-12(17)13(18)14(10)19/h3-7,15,20H,1-2H3. The Balaban J connectivity index is 2.59. The van der Waals surface area contributed by atoms with Crippen LogP contribution in [-0.2, 0) is 0 Å². The number of nitrogens with one attached hydrogen (secondary N) is 1. The molecule has 5 heteroatoms. The highest BCUT2D eigenvalue weighted by Crippen LogP contribution is 2.34. The van der Waals surface area contributed by atoms with Crippen molar-refractivity contribution in [1.82, 2.24) is 5.32 Å². The summed E-state index contributed by atoms with van der Waals surface area (Å²) in [6.45, 7) is 2.00. The fourth-order valence-electron chi connectivity index (χ4n) is 2.18. The van der Waals surface area contributed by atoms with E-state index in [1.165, 1.54) is 0 Å². The first-order valence-corrected chi connectivity index (χ1v) is 7.99. The average molecular weight is 422 g/mol. The molecule has 0 aliphatic rings. The van der Waals surface area contributed by atoms with Crippen LogP contribution >= 0.6 is 43.5 Å². The van der Waals surface area contributed by atoms with Crippen molar-refractivity contribution in [3.8, 4) is 0 Å². The van der Waals surface area contributed by atoms with Crippen molar-refractivity contribution in [3.05, 3.63) is 66.8 Å². The second-order valence-electron chi connectivity index (χ2n) is 4.44. The van der Waals surface area contributed by atoms with Gasteiger partial charge in [0.1, 0.15) is 5.82 Å². The van der Waals surface area contributed by atoms with E-state index in [0.29, 0.717) is 10.0 Å². The zero-order valence-electron chi connectivity index (χ0n) is 11.0. The zero-order chi connectivity index (χ0) is 14.9. The highest BCUT2D eigenvalue weighted by Gasteiger charge is 2.21. The van der Waals surface area contributed by atoms with Crippen LogP contribution in [0.4, 0.5) is 4.39 Å². The zero-order valence-corrected chi connectivity index (χ0v) is 14.9. The number of benzene rings is 2. The van der Waals surface area contributed by atoms with Crippen LogP contribution in [0.2, 0.25) is 5.02 Å². The van der Waals surface area contributed by atoms with Crippen LogP contribution in [0.3, 0.4) is 0 Å². The molecular formula is C15H13Br2ClFN. The van der Waals surface area contributed by atoms with Crippen molar-refractivity contribution in [1.29, 1.82) is 0 Å². The molecule has 0 amide bonds. The van der Waals surface area contributed by atoms with Gasteiger partial charge in [-0.3, -0.25) is 0 Å². The van der Waals surface area contributed by atoms with E-state index in [-0.39, 0.29) is 11.1 Å². The largest absolute Gasteiger partial charge is 0.309 e. The molecule has 0 aliphatic carbocycles. The first-order chi connectivity index (χ1) is 9.47. The van der Waals surface area contributed by atoms with Crippen molar-refractivity contribution in [2.24, 2.45) is 0 Å². The number of rotatable bonds is 3. The molecule has 0 fully saturated rings. The lowest BCUT2D eigenvalue weighted by molar-refractivity contribution is 0.574. The third-order valence-electron chi connectivity index (χ3n) is 3.29. The SMILES string of the molecule is CNC(c1cccc(Br)c1C)c1ccc(Br)c(Cl)c1F. The van der Waals surface area contributed by atoms with E-state index in [2.05, 4.69) is 37.2 Å². The van der Waals surface area contributed by atoms with E-state index in [1.807, 2.05) is 25.1 Å². The molecule has 1 N–H and O–H groups in total. The van der Waals surface area contributed by atoms with Crippen LogP contribution in [0.5, 0.6) is 0 Å².